The maximum absolute atomic E-state index is 12.9. The molecule has 0 fully saturated rings. The molecular weight excluding hydrogens is 374 g/mol. The van der Waals surface area contributed by atoms with Crippen molar-refractivity contribution in [2.75, 3.05) is 0 Å². The predicted molar refractivity (Wildman–Crippen MR) is 55.7 cm³/mol. The van der Waals surface area contributed by atoms with Gasteiger partial charge in [-0.25, -0.2) is 4.99 Å². The number of hydrogen-bond donors (Lipinski definition) is 0. The molecule has 13 heteroatoms. The minimum absolute atomic E-state index is 0.304. The molecule has 24 heavy (non-hydrogen) atoms. The number of alkyl halides is 11. The predicted octanol–water partition coefficient (Wildman–Crippen LogP) is 5.92. The van der Waals surface area contributed by atoms with Crippen molar-refractivity contribution >= 4 is 11.7 Å². The molecule has 1 aromatic rings. The third-order valence-corrected chi connectivity index (χ3v) is 2.41. The molecule has 0 unspecified atom stereocenters. The first kappa shape index (κ1) is 20.1. The topological polar surface area (TPSA) is 12.4 Å². The molecule has 0 aliphatic carbocycles. The summed E-state index contributed by atoms with van der Waals surface area (Å²) in [6.45, 7) is 0. The summed E-state index contributed by atoms with van der Waals surface area (Å²) in [4.78, 5) is 1.93. The normalized spacial score (nSPS) is 14.9. The lowest BCUT2D eigenvalue weighted by molar-refractivity contribution is -0.252. The average Bonchev–Trinajstić information content (AvgIpc) is 2.34. The summed E-state index contributed by atoms with van der Waals surface area (Å²) >= 11 is 0. The van der Waals surface area contributed by atoms with E-state index in [0.717, 1.165) is 0 Å². The molecule has 0 atom stereocenters. The highest BCUT2D eigenvalue weighted by Crippen LogP contribution is 2.40. The number of rotatable bonds is 2. The molecule has 0 radical (unpaired) electrons. The first-order chi connectivity index (χ1) is 10.5. The molecular formula is C11H3F12N. The molecule has 0 bridgehead atoms. The van der Waals surface area contributed by atoms with E-state index in [0.29, 0.717) is 0 Å². The summed E-state index contributed by atoms with van der Waals surface area (Å²) in [7, 11) is 0. The Morgan fingerprint density at radius 3 is 1.33 bits per heavy atom. The van der Waals surface area contributed by atoms with Gasteiger partial charge in [-0.2, -0.15) is 52.7 Å². The van der Waals surface area contributed by atoms with Gasteiger partial charge in [0.25, 0.3) is 5.97 Å². The molecule has 0 aliphatic rings. The number of nitrogens with zero attached hydrogens (tertiary/aromatic N) is 1. The molecule has 0 heterocycles. The van der Waals surface area contributed by atoms with E-state index < -0.39 is 53.3 Å². The van der Waals surface area contributed by atoms with Crippen LogP contribution in [0.3, 0.4) is 0 Å². The Bertz CT molecular complexity index is 602. The number of aliphatic imine (C=N–C) groups is 1. The second-order valence-corrected chi connectivity index (χ2v) is 4.24. The quantitative estimate of drug-likeness (QED) is 0.448. The summed E-state index contributed by atoms with van der Waals surface area (Å²) in [6.07, 6.45) is -17.3. The van der Waals surface area contributed by atoms with Gasteiger partial charge in [0.2, 0.25) is 0 Å². The van der Waals surface area contributed by atoms with Crippen molar-refractivity contribution in [1.29, 1.82) is 0 Å². The smallest absolute Gasteiger partial charge is 0.218 e. The van der Waals surface area contributed by atoms with Gasteiger partial charge < -0.3 is 0 Å². The fourth-order valence-electron chi connectivity index (χ4n) is 1.30. The van der Waals surface area contributed by atoms with Crippen molar-refractivity contribution in [3.63, 3.8) is 0 Å². The molecule has 1 rings (SSSR count). The van der Waals surface area contributed by atoms with Gasteiger partial charge in [0, 0.05) is 0 Å². The standard InChI is InChI=1S/C11H3F12N/c12-7(8(13,14)11(21,22)23)24-6-2-4(9(15,16)17)1-5(3-6)10(18,19)20/h1-3H. The van der Waals surface area contributed by atoms with Crippen molar-refractivity contribution in [3.05, 3.63) is 29.3 Å². The number of hydrogen-bond acceptors (Lipinski definition) is 1. The molecule has 0 saturated carbocycles. The maximum Gasteiger partial charge on any atom is 0.462 e. The highest BCUT2D eigenvalue weighted by molar-refractivity contribution is 5.85. The summed E-state index contributed by atoms with van der Waals surface area (Å²) in [6, 6.07) is -1.04. The van der Waals surface area contributed by atoms with E-state index in [1.54, 1.807) is 0 Å². The van der Waals surface area contributed by atoms with E-state index in [9.17, 15) is 52.7 Å². The van der Waals surface area contributed by atoms with Crippen molar-refractivity contribution in [1.82, 2.24) is 0 Å². The Morgan fingerprint density at radius 2 is 1.04 bits per heavy atom. The largest absolute Gasteiger partial charge is 0.462 e. The number of benzene rings is 1. The van der Waals surface area contributed by atoms with Crippen LogP contribution in [0.25, 0.3) is 0 Å². The van der Waals surface area contributed by atoms with Gasteiger partial charge in [0.15, 0.2) is 0 Å². The molecule has 0 spiro atoms. The zero-order valence-electron chi connectivity index (χ0n) is 10.7. The lowest BCUT2D eigenvalue weighted by Crippen LogP contribution is -2.42. The van der Waals surface area contributed by atoms with Crippen LogP contribution < -0.4 is 0 Å². The Kier molecular flexibility index (Phi) is 4.89. The van der Waals surface area contributed by atoms with Crippen LogP contribution in [0.4, 0.5) is 58.4 Å². The minimum atomic E-state index is -6.48. The van der Waals surface area contributed by atoms with E-state index in [2.05, 4.69) is 0 Å². The lowest BCUT2D eigenvalue weighted by atomic mass is 10.1. The minimum Gasteiger partial charge on any atom is -0.218 e. The van der Waals surface area contributed by atoms with Gasteiger partial charge in [0.1, 0.15) is 0 Å². The summed E-state index contributed by atoms with van der Waals surface area (Å²) in [5.41, 5.74) is -5.82. The molecule has 1 nitrogen and oxygen atoms in total. The molecule has 0 amide bonds. The van der Waals surface area contributed by atoms with Gasteiger partial charge in [-0.3, -0.25) is 0 Å². The zero-order chi connectivity index (χ0) is 19.1. The van der Waals surface area contributed by atoms with Crippen LogP contribution in [0.2, 0.25) is 0 Å². The molecule has 0 N–H and O–H groups in total. The fourth-order valence-corrected chi connectivity index (χ4v) is 1.30. The van der Waals surface area contributed by atoms with Gasteiger partial charge in [-0.05, 0) is 18.2 Å². The summed E-state index contributed by atoms with van der Waals surface area (Å²) in [5, 5.41) is 0. The van der Waals surface area contributed by atoms with E-state index in [4.69, 9.17) is 0 Å². The molecule has 0 saturated heterocycles. The van der Waals surface area contributed by atoms with E-state index in [1.807, 2.05) is 4.99 Å². The molecule has 0 aliphatic heterocycles. The monoisotopic (exact) mass is 377 g/mol. The first-order valence-electron chi connectivity index (χ1n) is 5.45. The Balaban J connectivity index is 3.52. The van der Waals surface area contributed by atoms with Gasteiger partial charge in [-0.1, -0.05) is 0 Å². The van der Waals surface area contributed by atoms with E-state index in [-0.39, 0.29) is 12.1 Å². The Morgan fingerprint density at radius 1 is 0.667 bits per heavy atom. The lowest BCUT2D eigenvalue weighted by Gasteiger charge is -2.17. The van der Waals surface area contributed by atoms with Crippen molar-refractivity contribution in [2.24, 2.45) is 4.99 Å². The summed E-state index contributed by atoms with van der Waals surface area (Å²) < 4.78 is 149. The van der Waals surface area contributed by atoms with Crippen molar-refractivity contribution in [2.45, 2.75) is 24.5 Å². The van der Waals surface area contributed by atoms with Crippen LogP contribution in [-0.4, -0.2) is 18.1 Å². The van der Waals surface area contributed by atoms with Crippen molar-refractivity contribution in [3.8, 4) is 0 Å². The fraction of sp³-hybridized carbons (Fsp3) is 0.364. The second kappa shape index (κ2) is 5.84. The zero-order valence-corrected chi connectivity index (χ0v) is 10.7. The molecule has 1 aromatic carbocycles. The second-order valence-electron chi connectivity index (χ2n) is 4.24. The highest BCUT2D eigenvalue weighted by Gasteiger charge is 2.62. The van der Waals surface area contributed by atoms with Gasteiger partial charge in [-0.15, -0.1) is 0 Å². The molecule has 136 valence electrons. The third kappa shape index (κ3) is 4.32. The number of halogens is 12. The SMILES string of the molecule is FC(=Nc1cc(C(F)(F)F)cc(C(F)(F)F)c1)C(F)(F)C(F)(F)F. The van der Waals surface area contributed by atoms with Crippen LogP contribution >= 0.6 is 0 Å². The van der Waals surface area contributed by atoms with Crippen LogP contribution in [-0.2, 0) is 12.4 Å². The summed E-state index contributed by atoms with van der Waals surface area (Å²) in [5.74, 6) is -9.68. The van der Waals surface area contributed by atoms with Crippen LogP contribution in [0.5, 0.6) is 0 Å². The Labute approximate surface area is 124 Å². The molecule has 0 aromatic heterocycles. The van der Waals surface area contributed by atoms with Crippen molar-refractivity contribution < 1.29 is 52.7 Å². The van der Waals surface area contributed by atoms with Crippen LogP contribution in [0.1, 0.15) is 11.1 Å². The highest BCUT2D eigenvalue weighted by atomic mass is 19.4. The Hall–Kier alpha value is -1.95. The van der Waals surface area contributed by atoms with Crippen LogP contribution in [0, 0.1) is 0 Å². The van der Waals surface area contributed by atoms with Gasteiger partial charge in [0.05, 0.1) is 16.8 Å². The van der Waals surface area contributed by atoms with Crippen LogP contribution in [0.15, 0.2) is 23.2 Å². The first-order valence-corrected chi connectivity index (χ1v) is 5.45. The maximum atomic E-state index is 12.9. The van der Waals surface area contributed by atoms with Gasteiger partial charge >= 0.3 is 24.5 Å². The average molecular weight is 377 g/mol. The van der Waals surface area contributed by atoms with E-state index in [1.165, 1.54) is 0 Å². The third-order valence-electron chi connectivity index (χ3n) is 2.41. The van der Waals surface area contributed by atoms with E-state index >= 15 is 0 Å².